The molecule has 23 heavy (non-hydrogen) atoms. The van der Waals surface area contributed by atoms with E-state index in [-0.39, 0.29) is 11.9 Å². The lowest BCUT2D eigenvalue weighted by molar-refractivity contribution is -0.119. The molecule has 1 atom stereocenters. The highest BCUT2D eigenvalue weighted by atomic mass is 16.5. The molecule has 0 saturated heterocycles. The molecule has 115 valence electrons. The average Bonchev–Trinajstić information content (AvgIpc) is 2.54. The fraction of sp³-hybridized carbons (Fsp3) is 0.158. The first-order valence-corrected chi connectivity index (χ1v) is 7.43. The summed E-state index contributed by atoms with van der Waals surface area (Å²) in [6.07, 6.45) is 0. The Morgan fingerprint density at radius 3 is 2.70 bits per heavy atom. The van der Waals surface area contributed by atoms with Crippen LogP contribution in [0.5, 0.6) is 11.6 Å². The molecule has 1 heterocycles. The van der Waals surface area contributed by atoms with E-state index < -0.39 is 0 Å². The molecule has 0 spiro atoms. The maximum atomic E-state index is 11.2. The monoisotopic (exact) mass is 305 g/mol. The Hall–Kier alpha value is -2.88. The number of carbonyl (C=O) groups excluding carboxylic acids is 1. The van der Waals surface area contributed by atoms with E-state index >= 15 is 0 Å². The molecule has 0 aliphatic rings. The lowest BCUT2D eigenvalue weighted by Gasteiger charge is -2.13. The van der Waals surface area contributed by atoms with Crippen molar-refractivity contribution in [1.82, 2.24) is 10.3 Å². The highest BCUT2D eigenvalue weighted by Crippen LogP contribution is 2.24. The molecule has 0 aliphatic carbocycles. The SMILES string of the molecule is CC(=O)NC(C)c1ccc2nc(Oc3cc[c]cc3)ccc2c1. The van der Waals surface area contributed by atoms with Gasteiger partial charge in [0, 0.05) is 18.4 Å². The van der Waals surface area contributed by atoms with Crippen molar-refractivity contribution in [2.75, 3.05) is 0 Å². The molecule has 0 saturated carbocycles. The lowest BCUT2D eigenvalue weighted by Crippen LogP contribution is -2.23. The second-order valence-electron chi connectivity index (χ2n) is 5.36. The molecule has 0 aliphatic heterocycles. The third-order valence-electron chi connectivity index (χ3n) is 3.52. The van der Waals surface area contributed by atoms with Crippen LogP contribution in [0.25, 0.3) is 10.9 Å². The Morgan fingerprint density at radius 1 is 1.17 bits per heavy atom. The van der Waals surface area contributed by atoms with E-state index in [1.807, 2.05) is 49.4 Å². The first kappa shape index (κ1) is 15.0. The Balaban J connectivity index is 1.85. The summed E-state index contributed by atoms with van der Waals surface area (Å²) in [6.45, 7) is 3.48. The fourth-order valence-corrected chi connectivity index (χ4v) is 2.40. The van der Waals surface area contributed by atoms with Crippen molar-refractivity contribution < 1.29 is 9.53 Å². The first-order valence-electron chi connectivity index (χ1n) is 7.43. The number of fused-ring (bicyclic) bond motifs is 1. The summed E-state index contributed by atoms with van der Waals surface area (Å²) in [6, 6.07) is 19.9. The van der Waals surface area contributed by atoms with Gasteiger partial charge in [-0.1, -0.05) is 18.2 Å². The van der Waals surface area contributed by atoms with Crippen molar-refractivity contribution in [2.45, 2.75) is 19.9 Å². The number of nitrogens with one attached hydrogen (secondary N) is 1. The zero-order valence-corrected chi connectivity index (χ0v) is 13.0. The molecule has 1 aromatic heterocycles. The van der Waals surface area contributed by atoms with Crippen LogP contribution in [0.3, 0.4) is 0 Å². The summed E-state index contributed by atoms with van der Waals surface area (Å²) in [5.41, 5.74) is 1.89. The van der Waals surface area contributed by atoms with Crippen LogP contribution >= 0.6 is 0 Å². The van der Waals surface area contributed by atoms with Crippen LogP contribution in [0, 0.1) is 6.07 Å². The van der Waals surface area contributed by atoms with Gasteiger partial charge in [-0.3, -0.25) is 4.79 Å². The molecule has 3 rings (SSSR count). The maximum Gasteiger partial charge on any atom is 0.219 e. The molecule has 1 N–H and O–H groups in total. The highest BCUT2D eigenvalue weighted by Gasteiger charge is 2.08. The quantitative estimate of drug-likeness (QED) is 0.792. The van der Waals surface area contributed by atoms with Crippen molar-refractivity contribution in [3.63, 3.8) is 0 Å². The minimum absolute atomic E-state index is 0.0339. The van der Waals surface area contributed by atoms with E-state index in [4.69, 9.17) is 4.74 Å². The Labute approximate surface area is 135 Å². The second kappa shape index (κ2) is 6.48. The van der Waals surface area contributed by atoms with Crippen LogP contribution in [0.15, 0.2) is 54.6 Å². The fourth-order valence-electron chi connectivity index (χ4n) is 2.40. The smallest absolute Gasteiger partial charge is 0.219 e. The van der Waals surface area contributed by atoms with Crippen molar-refractivity contribution in [2.24, 2.45) is 0 Å². The van der Waals surface area contributed by atoms with Gasteiger partial charge in [0.25, 0.3) is 0 Å². The summed E-state index contributed by atoms with van der Waals surface area (Å²) in [4.78, 5) is 15.7. The van der Waals surface area contributed by atoms with Gasteiger partial charge in [-0.05, 0) is 48.9 Å². The normalized spacial score (nSPS) is 11.9. The standard InChI is InChI=1S/C19H17N2O2/c1-13(20-14(2)22)15-8-10-18-16(12-15)9-11-19(21-18)23-17-6-4-3-5-7-17/h4-13H,1-2H3,(H,20,22). The minimum atomic E-state index is -0.0421. The third-order valence-corrected chi connectivity index (χ3v) is 3.52. The van der Waals surface area contributed by atoms with Gasteiger partial charge in [0.1, 0.15) is 5.75 Å². The lowest BCUT2D eigenvalue weighted by atomic mass is 10.1. The van der Waals surface area contributed by atoms with Gasteiger partial charge in [0.05, 0.1) is 11.6 Å². The Morgan fingerprint density at radius 2 is 1.96 bits per heavy atom. The van der Waals surface area contributed by atoms with Crippen LogP contribution in [0.2, 0.25) is 0 Å². The van der Waals surface area contributed by atoms with Crippen LogP contribution in [-0.2, 0) is 4.79 Å². The number of hydrogen-bond donors (Lipinski definition) is 1. The second-order valence-corrected chi connectivity index (χ2v) is 5.36. The van der Waals surface area contributed by atoms with Crippen LogP contribution in [0.1, 0.15) is 25.5 Å². The Kier molecular flexibility index (Phi) is 4.24. The summed E-state index contributed by atoms with van der Waals surface area (Å²) >= 11 is 0. The van der Waals surface area contributed by atoms with Crippen molar-refractivity contribution in [3.8, 4) is 11.6 Å². The molecule has 3 aromatic rings. The number of rotatable bonds is 4. The number of amides is 1. The third kappa shape index (κ3) is 3.66. The van der Waals surface area contributed by atoms with E-state index in [9.17, 15) is 4.79 Å². The number of nitrogens with zero attached hydrogens (tertiary/aromatic N) is 1. The molecule has 0 bridgehead atoms. The number of benzene rings is 2. The molecule has 2 aromatic carbocycles. The summed E-state index contributed by atoms with van der Waals surface area (Å²) in [7, 11) is 0. The van der Waals surface area contributed by atoms with Gasteiger partial charge in [-0.25, -0.2) is 4.98 Å². The van der Waals surface area contributed by atoms with Crippen molar-refractivity contribution in [3.05, 3.63) is 66.2 Å². The van der Waals surface area contributed by atoms with E-state index in [2.05, 4.69) is 16.4 Å². The highest BCUT2D eigenvalue weighted by molar-refractivity contribution is 5.80. The van der Waals surface area contributed by atoms with E-state index in [0.29, 0.717) is 5.88 Å². The van der Waals surface area contributed by atoms with Gasteiger partial charge in [0.2, 0.25) is 11.8 Å². The molecule has 0 fully saturated rings. The van der Waals surface area contributed by atoms with Crippen molar-refractivity contribution >= 4 is 16.8 Å². The van der Waals surface area contributed by atoms with Crippen LogP contribution in [0.4, 0.5) is 0 Å². The Bertz CT molecular complexity index is 831. The van der Waals surface area contributed by atoms with Gasteiger partial charge in [-0.15, -0.1) is 0 Å². The predicted molar refractivity (Wildman–Crippen MR) is 89.3 cm³/mol. The summed E-state index contributed by atoms with van der Waals surface area (Å²) in [5.74, 6) is 1.23. The molecular weight excluding hydrogens is 288 g/mol. The van der Waals surface area contributed by atoms with E-state index in [0.717, 1.165) is 22.2 Å². The summed E-state index contributed by atoms with van der Waals surface area (Å²) in [5, 5.41) is 3.89. The van der Waals surface area contributed by atoms with Crippen molar-refractivity contribution in [1.29, 1.82) is 0 Å². The van der Waals surface area contributed by atoms with Gasteiger partial charge in [0.15, 0.2) is 0 Å². The van der Waals surface area contributed by atoms with Gasteiger partial charge in [-0.2, -0.15) is 0 Å². The van der Waals surface area contributed by atoms with Gasteiger partial charge < -0.3 is 10.1 Å². The molecule has 1 unspecified atom stereocenters. The zero-order chi connectivity index (χ0) is 16.2. The maximum absolute atomic E-state index is 11.2. The molecule has 4 heteroatoms. The first-order chi connectivity index (χ1) is 11.1. The van der Waals surface area contributed by atoms with E-state index in [1.165, 1.54) is 6.92 Å². The van der Waals surface area contributed by atoms with Gasteiger partial charge >= 0.3 is 0 Å². The molecular formula is C19H17N2O2. The number of aromatic nitrogens is 1. The number of carbonyl (C=O) groups is 1. The average molecular weight is 305 g/mol. The zero-order valence-electron chi connectivity index (χ0n) is 13.0. The number of pyridine rings is 1. The molecule has 1 radical (unpaired) electrons. The topological polar surface area (TPSA) is 51.2 Å². The largest absolute Gasteiger partial charge is 0.439 e. The number of ether oxygens (including phenoxy) is 1. The van der Waals surface area contributed by atoms with Crippen LogP contribution in [-0.4, -0.2) is 10.9 Å². The minimum Gasteiger partial charge on any atom is -0.439 e. The molecule has 1 amide bonds. The van der Waals surface area contributed by atoms with E-state index in [1.54, 1.807) is 12.1 Å². The number of hydrogen-bond acceptors (Lipinski definition) is 3. The molecule has 4 nitrogen and oxygen atoms in total. The van der Waals surface area contributed by atoms with Crippen LogP contribution < -0.4 is 10.1 Å². The summed E-state index contributed by atoms with van der Waals surface area (Å²) < 4.78 is 5.73. The predicted octanol–water partition coefficient (Wildman–Crippen LogP) is 4.02.